The zero-order valence-electron chi connectivity index (χ0n) is 9.95. The molecule has 0 spiro atoms. The van der Waals surface area contributed by atoms with Crippen LogP contribution >= 0.6 is 11.6 Å². The largest absolute Gasteiger partial charge is 0.311 e. The Kier molecular flexibility index (Phi) is 4.22. The van der Waals surface area contributed by atoms with Crippen LogP contribution in [-0.2, 0) is 12.3 Å². The molecule has 1 aliphatic rings. The van der Waals surface area contributed by atoms with Gasteiger partial charge in [-0.25, -0.2) is 0 Å². The van der Waals surface area contributed by atoms with Crippen LogP contribution in [0.15, 0.2) is 0 Å². The topological polar surface area (TPSA) is 30.7 Å². The Hall–Kier alpha value is -0.570. The summed E-state index contributed by atoms with van der Waals surface area (Å²) < 4.78 is 2.28. The highest BCUT2D eigenvalue weighted by Gasteiger charge is 2.28. The summed E-state index contributed by atoms with van der Waals surface area (Å²) in [6, 6.07) is 0.643. The molecule has 1 aromatic heterocycles. The number of aryl methyl sites for hydroxylation is 1. The van der Waals surface area contributed by atoms with Gasteiger partial charge in [0.25, 0.3) is 0 Å². The van der Waals surface area contributed by atoms with E-state index in [0.29, 0.717) is 11.9 Å². The van der Waals surface area contributed by atoms with Crippen LogP contribution in [0.5, 0.6) is 0 Å². The Balaban J connectivity index is 1.94. The number of nitrogens with zero attached hydrogens (tertiary/aromatic N) is 3. The number of halogens is 1. The van der Waals surface area contributed by atoms with Gasteiger partial charge in [0.05, 0.1) is 5.88 Å². The lowest BCUT2D eigenvalue weighted by molar-refractivity contribution is 0.607. The van der Waals surface area contributed by atoms with Crippen LogP contribution in [0.1, 0.15) is 63.1 Å². The molecule has 0 atom stereocenters. The highest BCUT2D eigenvalue weighted by Crippen LogP contribution is 2.37. The highest BCUT2D eigenvalue weighted by molar-refractivity contribution is 6.16. The molecule has 3 nitrogen and oxygen atoms in total. The number of hydrogen-bond acceptors (Lipinski definition) is 2. The molecule has 0 aromatic carbocycles. The van der Waals surface area contributed by atoms with Crippen molar-refractivity contribution in [3.63, 3.8) is 0 Å². The second-order valence-electron chi connectivity index (χ2n) is 4.58. The average molecular weight is 242 g/mol. The fourth-order valence-electron chi connectivity index (χ4n) is 2.09. The van der Waals surface area contributed by atoms with E-state index in [9.17, 15) is 0 Å². The summed E-state index contributed by atoms with van der Waals surface area (Å²) in [6.45, 7) is 2.23. The third kappa shape index (κ3) is 2.76. The van der Waals surface area contributed by atoms with Gasteiger partial charge in [0.1, 0.15) is 11.6 Å². The zero-order chi connectivity index (χ0) is 11.4. The maximum Gasteiger partial charge on any atom is 0.148 e. The summed E-state index contributed by atoms with van der Waals surface area (Å²) >= 11 is 5.88. The van der Waals surface area contributed by atoms with E-state index in [0.717, 1.165) is 18.1 Å². The monoisotopic (exact) mass is 241 g/mol. The first kappa shape index (κ1) is 11.9. The molecule has 4 heteroatoms. The lowest BCUT2D eigenvalue weighted by Gasteiger charge is -2.07. The van der Waals surface area contributed by atoms with E-state index in [1.807, 2.05) is 0 Å². The molecule has 1 fully saturated rings. The maximum absolute atomic E-state index is 5.88. The van der Waals surface area contributed by atoms with Gasteiger partial charge in [0.2, 0.25) is 0 Å². The number of alkyl halides is 1. The van der Waals surface area contributed by atoms with Crippen molar-refractivity contribution in [3.8, 4) is 0 Å². The predicted molar refractivity (Wildman–Crippen MR) is 65.7 cm³/mol. The first-order valence-electron chi connectivity index (χ1n) is 6.35. The summed E-state index contributed by atoms with van der Waals surface area (Å²) in [5.74, 6) is 2.59. The minimum absolute atomic E-state index is 0.485. The predicted octanol–water partition coefficient (Wildman–Crippen LogP) is 3.47. The lowest BCUT2D eigenvalue weighted by atomic mass is 10.1. The second kappa shape index (κ2) is 5.67. The Morgan fingerprint density at radius 3 is 2.56 bits per heavy atom. The van der Waals surface area contributed by atoms with E-state index in [1.165, 1.54) is 38.5 Å². The summed E-state index contributed by atoms with van der Waals surface area (Å²) in [4.78, 5) is 0. The van der Waals surface area contributed by atoms with Crippen molar-refractivity contribution < 1.29 is 0 Å². The quantitative estimate of drug-likeness (QED) is 0.541. The van der Waals surface area contributed by atoms with Gasteiger partial charge < -0.3 is 4.57 Å². The Morgan fingerprint density at radius 1 is 1.19 bits per heavy atom. The van der Waals surface area contributed by atoms with Crippen LogP contribution in [0.2, 0.25) is 0 Å². The number of aromatic nitrogens is 3. The molecule has 1 heterocycles. The van der Waals surface area contributed by atoms with Crippen molar-refractivity contribution in [3.05, 3.63) is 11.6 Å². The fourth-order valence-corrected chi connectivity index (χ4v) is 2.27. The van der Waals surface area contributed by atoms with Crippen LogP contribution in [0, 0.1) is 0 Å². The molecule has 1 aliphatic carbocycles. The van der Waals surface area contributed by atoms with Crippen molar-refractivity contribution in [2.75, 3.05) is 0 Å². The normalized spacial score (nSPS) is 15.6. The second-order valence-corrected chi connectivity index (χ2v) is 4.85. The molecule has 0 amide bonds. The minimum Gasteiger partial charge on any atom is -0.311 e. The Labute approximate surface area is 102 Å². The molecule has 1 aromatic rings. The molecule has 90 valence electrons. The minimum atomic E-state index is 0.485. The molecule has 0 saturated heterocycles. The SMILES string of the molecule is CCCCCCc1nnc(CCl)n1C1CC1. The molecule has 1 saturated carbocycles. The highest BCUT2D eigenvalue weighted by atomic mass is 35.5. The Bertz CT molecular complexity index is 331. The van der Waals surface area contributed by atoms with Crippen LogP contribution in [0.25, 0.3) is 0 Å². The van der Waals surface area contributed by atoms with Gasteiger partial charge in [-0.3, -0.25) is 0 Å². The molecule has 2 rings (SSSR count). The van der Waals surface area contributed by atoms with Crippen LogP contribution in [0.4, 0.5) is 0 Å². The summed E-state index contributed by atoms with van der Waals surface area (Å²) in [5.41, 5.74) is 0. The van der Waals surface area contributed by atoms with Gasteiger partial charge in [-0.2, -0.15) is 0 Å². The van der Waals surface area contributed by atoms with E-state index in [1.54, 1.807) is 0 Å². The first-order chi connectivity index (χ1) is 7.86. The third-order valence-electron chi connectivity index (χ3n) is 3.12. The maximum atomic E-state index is 5.88. The van der Waals surface area contributed by atoms with E-state index < -0.39 is 0 Å². The van der Waals surface area contributed by atoms with Gasteiger partial charge in [-0.15, -0.1) is 21.8 Å². The van der Waals surface area contributed by atoms with Crippen LogP contribution < -0.4 is 0 Å². The van der Waals surface area contributed by atoms with E-state index in [2.05, 4.69) is 21.7 Å². The van der Waals surface area contributed by atoms with Crippen molar-refractivity contribution in [2.24, 2.45) is 0 Å². The van der Waals surface area contributed by atoms with Crippen molar-refractivity contribution >= 4 is 11.6 Å². The average Bonchev–Trinajstić information content (AvgIpc) is 3.06. The summed E-state index contributed by atoms with van der Waals surface area (Å²) in [7, 11) is 0. The van der Waals surface area contributed by atoms with Gasteiger partial charge in [0, 0.05) is 12.5 Å². The zero-order valence-corrected chi connectivity index (χ0v) is 10.7. The van der Waals surface area contributed by atoms with E-state index >= 15 is 0 Å². The summed E-state index contributed by atoms with van der Waals surface area (Å²) in [5, 5.41) is 8.45. The van der Waals surface area contributed by atoms with E-state index in [4.69, 9.17) is 11.6 Å². The third-order valence-corrected chi connectivity index (χ3v) is 3.36. The van der Waals surface area contributed by atoms with Gasteiger partial charge in [0.15, 0.2) is 0 Å². The first-order valence-corrected chi connectivity index (χ1v) is 6.89. The number of hydrogen-bond donors (Lipinski definition) is 0. The molecule has 0 aliphatic heterocycles. The van der Waals surface area contributed by atoms with Crippen molar-refractivity contribution in [1.82, 2.24) is 14.8 Å². The van der Waals surface area contributed by atoms with Crippen molar-refractivity contribution in [2.45, 2.75) is 63.8 Å². The van der Waals surface area contributed by atoms with Crippen LogP contribution in [-0.4, -0.2) is 14.8 Å². The molecule has 16 heavy (non-hydrogen) atoms. The molecule has 0 bridgehead atoms. The van der Waals surface area contributed by atoms with Gasteiger partial charge >= 0.3 is 0 Å². The molecular weight excluding hydrogens is 222 g/mol. The molecule has 0 radical (unpaired) electrons. The molecular formula is C12H20ClN3. The smallest absolute Gasteiger partial charge is 0.148 e. The standard InChI is InChI=1S/C12H20ClN3/c1-2-3-4-5-6-11-14-15-12(9-13)16(11)10-7-8-10/h10H,2-9H2,1H3. The summed E-state index contributed by atoms with van der Waals surface area (Å²) in [6.07, 6.45) is 8.71. The van der Waals surface area contributed by atoms with Gasteiger partial charge in [-0.1, -0.05) is 26.2 Å². The number of unbranched alkanes of at least 4 members (excludes halogenated alkanes) is 3. The van der Waals surface area contributed by atoms with Crippen LogP contribution in [0.3, 0.4) is 0 Å². The van der Waals surface area contributed by atoms with Gasteiger partial charge in [-0.05, 0) is 19.3 Å². The lowest BCUT2D eigenvalue weighted by Crippen LogP contribution is -2.05. The van der Waals surface area contributed by atoms with E-state index in [-0.39, 0.29) is 0 Å². The van der Waals surface area contributed by atoms with Crippen molar-refractivity contribution in [1.29, 1.82) is 0 Å². The molecule has 0 N–H and O–H groups in total. The Morgan fingerprint density at radius 2 is 1.94 bits per heavy atom. The molecule has 0 unspecified atom stereocenters. The number of rotatable bonds is 7. The fraction of sp³-hybridized carbons (Fsp3) is 0.833.